The fraction of sp³-hybridized carbons (Fsp3) is 0.500. The van der Waals surface area contributed by atoms with Crippen LogP contribution in [0.5, 0.6) is 0 Å². The van der Waals surface area contributed by atoms with Crippen LogP contribution in [0, 0.1) is 5.92 Å². The van der Waals surface area contributed by atoms with Crippen LogP contribution in [0.2, 0.25) is 0 Å². The molecule has 2 aliphatic heterocycles. The summed E-state index contributed by atoms with van der Waals surface area (Å²) < 4.78 is 5.10. The second kappa shape index (κ2) is 2.32. The summed E-state index contributed by atoms with van der Waals surface area (Å²) in [5.74, 6) is -2.84. The summed E-state index contributed by atoms with van der Waals surface area (Å²) in [4.78, 5) is 21.4. The van der Waals surface area contributed by atoms with Gasteiger partial charge in [-0.15, -0.1) is 0 Å². The summed E-state index contributed by atoms with van der Waals surface area (Å²) in [6.45, 7) is 0. The highest BCUT2D eigenvalue weighted by Gasteiger charge is 2.55. The second-order valence-corrected chi connectivity index (χ2v) is 3.29. The van der Waals surface area contributed by atoms with E-state index in [1.807, 2.05) is 0 Å². The maximum Gasteiger partial charge on any atom is 0.340 e. The minimum absolute atomic E-state index is 0.0266. The van der Waals surface area contributed by atoms with Crippen LogP contribution < -0.4 is 0 Å². The molecular formula is C8H8O5. The Hall–Kier alpha value is -1.36. The lowest BCUT2D eigenvalue weighted by atomic mass is 9.86. The summed E-state index contributed by atoms with van der Waals surface area (Å²) in [6.07, 6.45) is 2.39. The van der Waals surface area contributed by atoms with E-state index in [2.05, 4.69) is 0 Å². The average molecular weight is 184 g/mol. The fourth-order valence-corrected chi connectivity index (χ4v) is 1.78. The van der Waals surface area contributed by atoms with Crippen molar-refractivity contribution in [2.24, 2.45) is 5.92 Å². The van der Waals surface area contributed by atoms with E-state index in [0.29, 0.717) is 0 Å². The molecule has 5 nitrogen and oxygen atoms in total. The van der Waals surface area contributed by atoms with E-state index in [9.17, 15) is 9.59 Å². The summed E-state index contributed by atoms with van der Waals surface area (Å²) >= 11 is 0. The first-order valence-corrected chi connectivity index (χ1v) is 3.88. The zero-order valence-electron chi connectivity index (χ0n) is 6.64. The number of hydrogen-bond acceptors (Lipinski definition) is 3. The van der Waals surface area contributed by atoms with Gasteiger partial charge in [0.2, 0.25) is 0 Å². The maximum atomic E-state index is 10.8. The van der Waals surface area contributed by atoms with Gasteiger partial charge in [-0.1, -0.05) is 6.08 Å². The van der Waals surface area contributed by atoms with Crippen molar-refractivity contribution in [2.75, 3.05) is 0 Å². The monoisotopic (exact) mass is 184 g/mol. The van der Waals surface area contributed by atoms with E-state index in [4.69, 9.17) is 14.9 Å². The van der Waals surface area contributed by atoms with Crippen LogP contribution in [0.15, 0.2) is 12.2 Å². The van der Waals surface area contributed by atoms with Gasteiger partial charge in [-0.25, -0.2) is 4.79 Å². The normalized spacial score (nSPS) is 40.9. The molecule has 0 saturated carbocycles. The van der Waals surface area contributed by atoms with Crippen molar-refractivity contribution in [3.8, 4) is 0 Å². The first-order valence-electron chi connectivity index (χ1n) is 3.88. The molecule has 1 fully saturated rings. The third-order valence-electron chi connectivity index (χ3n) is 2.50. The molecule has 13 heavy (non-hydrogen) atoms. The SMILES string of the molecule is O=C(O)C1CC2(C(=O)O)C=CC1O2. The lowest BCUT2D eigenvalue weighted by molar-refractivity contribution is -0.155. The van der Waals surface area contributed by atoms with Crippen molar-refractivity contribution < 1.29 is 24.5 Å². The van der Waals surface area contributed by atoms with E-state index < -0.39 is 29.6 Å². The molecule has 3 atom stereocenters. The van der Waals surface area contributed by atoms with Crippen molar-refractivity contribution in [3.63, 3.8) is 0 Å². The number of rotatable bonds is 2. The number of fused-ring (bicyclic) bond motifs is 2. The molecule has 0 aliphatic carbocycles. The van der Waals surface area contributed by atoms with Crippen molar-refractivity contribution in [1.82, 2.24) is 0 Å². The second-order valence-electron chi connectivity index (χ2n) is 3.29. The summed E-state index contributed by atoms with van der Waals surface area (Å²) in [5.41, 5.74) is -1.38. The molecule has 5 heteroatoms. The molecule has 2 N–H and O–H groups in total. The molecule has 0 aromatic carbocycles. The van der Waals surface area contributed by atoms with Crippen molar-refractivity contribution in [3.05, 3.63) is 12.2 Å². The van der Waals surface area contributed by atoms with E-state index in [1.165, 1.54) is 12.2 Å². The predicted octanol–water partition coefficient (Wildman–Crippen LogP) is -0.131. The van der Waals surface area contributed by atoms with Crippen LogP contribution in [0.1, 0.15) is 6.42 Å². The van der Waals surface area contributed by atoms with Gasteiger partial charge in [0, 0.05) is 6.42 Å². The number of hydrogen-bond donors (Lipinski definition) is 2. The lowest BCUT2D eigenvalue weighted by Gasteiger charge is -2.16. The molecule has 0 spiro atoms. The summed E-state index contributed by atoms with van der Waals surface area (Å²) in [6, 6.07) is 0. The Kier molecular flexibility index (Phi) is 1.47. The minimum Gasteiger partial charge on any atom is -0.481 e. The summed E-state index contributed by atoms with van der Waals surface area (Å²) in [7, 11) is 0. The largest absolute Gasteiger partial charge is 0.481 e. The van der Waals surface area contributed by atoms with Crippen LogP contribution in [-0.2, 0) is 14.3 Å². The number of carbonyl (C=O) groups is 2. The highest BCUT2D eigenvalue weighted by Crippen LogP contribution is 2.42. The molecular weight excluding hydrogens is 176 g/mol. The smallest absolute Gasteiger partial charge is 0.340 e. The van der Waals surface area contributed by atoms with Gasteiger partial charge < -0.3 is 14.9 Å². The molecule has 0 aromatic rings. The third kappa shape index (κ3) is 0.968. The fourth-order valence-electron chi connectivity index (χ4n) is 1.78. The Balaban J connectivity index is 2.28. The van der Waals surface area contributed by atoms with Gasteiger partial charge in [-0.05, 0) is 6.08 Å². The van der Waals surface area contributed by atoms with Gasteiger partial charge >= 0.3 is 11.9 Å². The summed E-state index contributed by atoms with van der Waals surface area (Å²) in [5, 5.41) is 17.5. The van der Waals surface area contributed by atoms with Crippen LogP contribution in [0.25, 0.3) is 0 Å². The van der Waals surface area contributed by atoms with Gasteiger partial charge in [-0.2, -0.15) is 0 Å². The molecule has 70 valence electrons. The first kappa shape index (κ1) is 8.25. The molecule has 3 unspecified atom stereocenters. The quantitative estimate of drug-likeness (QED) is 0.584. The van der Waals surface area contributed by atoms with Gasteiger partial charge in [0.15, 0.2) is 5.60 Å². The zero-order chi connectivity index (χ0) is 9.64. The Morgan fingerprint density at radius 3 is 2.54 bits per heavy atom. The Labute approximate surface area is 73.6 Å². The Morgan fingerprint density at radius 2 is 2.15 bits per heavy atom. The zero-order valence-corrected chi connectivity index (χ0v) is 6.64. The lowest BCUT2D eigenvalue weighted by Crippen LogP contribution is -2.35. The van der Waals surface area contributed by atoms with Crippen molar-refractivity contribution >= 4 is 11.9 Å². The molecule has 0 radical (unpaired) electrons. The molecule has 2 aliphatic rings. The number of ether oxygens (including phenoxy) is 1. The highest BCUT2D eigenvalue weighted by atomic mass is 16.5. The van der Waals surface area contributed by atoms with E-state index in [-0.39, 0.29) is 6.42 Å². The third-order valence-corrected chi connectivity index (χ3v) is 2.50. The van der Waals surface area contributed by atoms with E-state index in [1.54, 1.807) is 0 Å². The number of carboxylic acid groups (broad SMARTS) is 2. The average Bonchev–Trinajstić information content (AvgIpc) is 2.60. The highest BCUT2D eigenvalue weighted by molar-refractivity contribution is 5.84. The van der Waals surface area contributed by atoms with Crippen LogP contribution in [0.4, 0.5) is 0 Å². The first-order chi connectivity index (χ1) is 6.05. The minimum atomic E-state index is -1.38. The molecule has 1 saturated heterocycles. The Morgan fingerprint density at radius 1 is 1.46 bits per heavy atom. The van der Waals surface area contributed by atoms with Crippen molar-refractivity contribution in [2.45, 2.75) is 18.1 Å². The molecule has 2 heterocycles. The predicted molar refractivity (Wildman–Crippen MR) is 40.1 cm³/mol. The van der Waals surface area contributed by atoms with E-state index >= 15 is 0 Å². The van der Waals surface area contributed by atoms with Gasteiger partial charge in [0.25, 0.3) is 0 Å². The Bertz CT molecular complexity index is 308. The van der Waals surface area contributed by atoms with Crippen molar-refractivity contribution in [1.29, 1.82) is 0 Å². The topological polar surface area (TPSA) is 83.8 Å². The number of carboxylic acids is 2. The van der Waals surface area contributed by atoms with Crippen LogP contribution in [-0.4, -0.2) is 33.9 Å². The van der Waals surface area contributed by atoms with Gasteiger partial charge in [-0.3, -0.25) is 4.79 Å². The molecule has 2 bridgehead atoms. The molecule has 0 amide bonds. The molecule has 2 rings (SSSR count). The van der Waals surface area contributed by atoms with Crippen LogP contribution in [0.3, 0.4) is 0 Å². The van der Waals surface area contributed by atoms with Crippen LogP contribution >= 0.6 is 0 Å². The van der Waals surface area contributed by atoms with Gasteiger partial charge in [0.05, 0.1) is 12.0 Å². The molecule has 0 aromatic heterocycles. The maximum absolute atomic E-state index is 10.8. The standard InChI is InChI=1S/C8H8O5/c9-6(10)4-3-8(7(11)12)2-1-5(4)13-8/h1-2,4-5H,3H2,(H,9,10)(H,11,12). The number of aliphatic carboxylic acids is 2. The van der Waals surface area contributed by atoms with E-state index in [0.717, 1.165) is 0 Å². The van der Waals surface area contributed by atoms with Gasteiger partial charge in [0.1, 0.15) is 0 Å².